The van der Waals surface area contributed by atoms with Gasteiger partial charge in [-0.3, -0.25) is 24.1 Å². The first-order chi connectivity index (χ1) is 31.1. The van der Waals surface area contributed by atoms with Gasteiger partial charge in [-0.2, -0.15) is 0 Å². The molecule has 66 heavy (non-hydrogen) atoms. The van der Waals surface area contributed by atoms with Crippen molar-refractivity contribution in [1.29, 1.82) is 0 Å². The lowest BCUT2D eigenvalue weighted by atomic mass is 9.89. The molecule has 1 fully saturated rings. The first-order valence-electron chi connectivity index (χ1n) is 23.5. The van der Waals surface area contributed by atoms with Crippen LogP contribution in [-0.4, -0.2) is 133 Å². The number of amides is 5. The molecule has 1 aliphatic heterocycles. The van der Waals surface area contributed by atoms with Gasteiger partial charge in [-0.05, 0) is 62.5 Å². The highest BCUT2D eigenvalue weighted by molar-refractivity contribution is 5.92. The van der Waals surface area contributed by atoms with Crippen LogP contribution in [0.2, 0.25) is 0 Å². The van der Waals surface area contributed by atoms with Crippen molar-refractivity contribution in [3.8, 4) is 0 Å². The Morgan fingerprint density at radius 1 is 0.788 bits per heavy atom. The number of nitrogens with one attached hydrogen (secondary N) is 2. The lowest BCUT2D eigenvalue weighted by Gasteiger charge is -2.41. The summed E-state index contributed by atoms with van der Waals surface area (Å²) >= 11 is 0. The maximum atomic E-state index is 14.5. The highest BCUT2D eigenvalue weighted by atomic mass is 16.6. The first-order valence-corrected chi connectivity index (χ1v) is 23.5. The smallest absolute Gasteiger partial charge is 0.410 e. The van der Waals surface area contributed by atoms with Gasteiger partial charge in [0.2, 0.25) is 23.6 Å². The number of rotatable bonds is 23. The fourth-order valence-electron chi connectivity index (χ4n) is 8.83. The highest BCUT2D eigenvalue weighted by Crippen LogP contribution is 2.30. The summed E-state index contributed by atoms with van der Waals surface area (Å²) in [6.45, 7) is 18.8. The summed E-state index contributed by atoms with van der Waals surface area (Å²) in [5.74, 6) is -3.51. The summed E-state index contributed by atoms with van der Waals surface area (Å²) in [4.78, 5) is 88.2. The zero-order valence-electron chi connectivity index (χ0n) is 42.0. The Hall–Kier alpha value is -5.02. The molecule has 1 heterocycles. The molecule has 0 radical (unpaired) electrons. The van der Waals surface area contributed by atoms with Crippen molar-refractivity contribution < 1.29 is 47.7 Å². The number of benzene rings is 2. The number of carbonyl (C=O) groups is 6. The highest BCUT2D eigenvalue weighted by Gasteiger charge is 2.44. The molecule has 15 heteroatoms. The molecule has 0 unspecified atom stereocenters. The molecule has 3 rings (SSSR count). The van der Waals surface area contributed by atoms with E-state index in [0.29, 0.717) is 25.8 Å². The van der Waals surface area contributed by atoms with Gasteiger partial charge in [0.1, 0.15) is 30.3 Å². The molecule has 368 valence electrons. The zero-order chi connectivity index (χ0) is 49.5. The van der Waals surface area contributed by atoms with Crippen LogP contribution in [0.5, 0.6) is 0 Å². The molecule has 2 N–H and O–H groups in total. The average molecular weight is 922 g/mol. The number of carbonyl (C=O) groups excluding carboxylic acids is 6. The molecule has 0 saturated carbocycles. The van der Waals surface area contributed by atoms with E-state index >= 15 is 0 Å². The third-order valence-corrected chi connectivity index (χ3v) is 12.6. The Bertz CT molecular complexity index is 1870. The van der Waals surface area contributed by atoms with Gasteiger partial charge in [0, 0.05) is 41.3 Å². The number of hydrogen-bond acceptors (Lipinski definition) is 10. The van der Waals surface area contributed by atoms with Crippen LogP contribution < -0.4 is 10.6 Å². The third-order valence-electron chi connectivity index (χ3n) is 12.6. The van der Waals surface area contributed by atoms with Crippen molar-refractivity contribution in [2.75, 3.05) is 34.9 Å². The van der Waals surface area contributed by atoms with E-state index in [1.54, 1.807) is 44.5 Å². The van der Waals surface area contributed by atoms with Crippen molar-refractivity contribution in [2.24, 2.45) is 23.7 Å². The number of likely N-dealkylation sites (N-methyl/N-ethyl adjacent to an activating group) is 2. The predicted molar refractivity (Wildman–Crippen MR) is 254 cm³/mol. The minimum absolute atomic E-state index is 0.0577. The number of likely N-dealkylation sites (tertiary alicyclic amines) is 1. The Balaban J connectivity index is 1.81. The minimum atomic E-state index is -0.969. The van der Waals surface area contributed by atoms with E-state index in [1.165, 1.54) is 26.2 Å². The predicted octanol–water partition coefficient (Wildman–Crippen LogP) is 6.41. The molecule has 0 aliphatic carbocycles. The van der Waals surface area contributed by atoms with Crippen LogP contribution in [0.25, 0.3) is 0 Å². The van der Waals surface area contributed by atoms with Crippen LogP contribution in [0.4, 0.5) is 4.79 Å². The molecular weight excluding hydrogens is 843 g/mol. The maximum Gasteiger partial charge on any atom is 0.410 e. The Labute approximate surface area is 394 Å². The summed E-state index contributed by atoms with van der Waals surface area (Å²) in [5, 5.41) is 5.89. The molecular formula is C51H79N5O10. The third kappa shape index (κ3) is 15.5. The SMILES string of the molecule is CC[C@H](C)[C@@H]([C@@H](CC(=O)N1CCC[C@H]1[C@H](OC)[C@@H](C)C(=O)N[C@@H](Cc1ccccc1)C(=O)OCc1ccccc1)OC)N(C)C(=O)[C@@H](NC(=O)[C@H](C(C)C)N(C)C(=O)OC(C)(C)C)C(C)C. The minimum Gasteiger partial charge on any atom is -0.459 e. The van der Waals surface area contributed by atoms with E-state index in [-0.39, 0.29) is 49.0 Å². The topological polar surface area (TPSA) is 173 Å². The van der Waals surface area contributed by atoms with E-state index in [1.807, 2.05) is 102 Å². The van der Waals surface area contributed by atoms with Crippen molar-refractivity contribution in [2.45, 2.75) is 156 Å². The van der Waals surface area contributed by atoms with Gasteiger partial charge < -0.3 is 39.4 Å². The standard InChI is InChI=1S/C51H79N5O10/c1-15-34(6)44(54(11)48(60)42(32(2)3)53-47(59)43(33(4)5)55(12)50(62)66-51(8,9)10)40(63-13)30-41(57)56-28-22-27-39(56)45(64-14)35(7)46(58)52-38(29-36-23-18-16-19-24-36)49(61)65-31-37-25-20-17-21-26-37/h16-21,23-26,32-35,38-40,42-45H,15,22,27-31H2,1-14H3,(H,52,58)(H,53,59)/t34-,35+,38-,39-,40+,42-,43-,44-,45+/m0/s1. The molecule has 5 amide bonds. The van der Waals surface area contributed by atoms with Gasteiger partial charge in [-0.15, -0.1) is 0 Å². The molecule has 1 aliphatic rings. The summed E-state index contributed by atoms with van der Waals surface area (Å²) in [6, 6.07) is 14.9. The second-order valence-electron chi connectivity index (χ2n) is 19.4. The molecule has 9 atom stereocenters. The van der Waals surface area contributed by atoms with Crippen molar-refractivity contribution in [1.82, 2.24) is 25.3 Å². The van der Waals surface area contributed by atoms with Gasteiger partial charge in [0.05, 0.1) is 36.6 Å². The molecule has 1 saturated heterocycles. The summed E-state index contributed by atoms with van der Waals surface area (Å²) in [5.41, 5.74) is 0.910. The number of methoxy groups -OCH3 is 2. The van der Waals surface area contributed by atoms with Crippen molar-refractivity contribution in [3.63, 3.8) is 0 Å². The second-order valence-corrected chi connectivity index (χ2v) is 19.4. The molecule has 2 aromatic carbocycles. The monoisotopic (exact) mass is 922 g/mol. The number of hydrogen-bond donors (Lipinski definition) is 2. The normalized spacial score (nSPS) is 17.7. The number of nitrogens with zero attached hydrogens (tertiary/aromatic N) is 3. The van der Waals surface area contributed by atoms with Crippen LogP contribution in [0.15, 0.2) is 60.7 Å². The lowest BCUT2D eigenvalue weighted by Crippen LogP contribution is -2.60. The van der Waals surface area contributed by atoms with E-state index in [2.05, 4.69) is 10.6 Å². The summed E-state index contributed by atoms with van der Waals surface area (Å²) < 4.78 is 23.3. The first kappa shape index (κ1) is 55.3. The van der Waals surface area contributed by atoms with Crippen LogP contribution in [-0.2, 0) is 55.9 Å². The van der Waals surface area contributed by atoms with Crippen molar-refractivity contribution >= 4 is 35.7 Å². The molecule has 0 spiro atoms. The largest absolute Gasteiger partial charge is 0.459 e. The van der Waals surface area contributed by atoms with Gasteiger partial charge in [-0.1, -0.05) is 116 Å². The van der Waals surface area contributed by atoms with Crippen LogP contribution in [0.3, 0.4) is 0 Å². The number of esters is 1. The van der Waals surface area contributed by atoms with E-state index in [9.17, 15) is 28.8 Å². The van der Waals surface area contributed by atoms with Crippen molar-refractivity contribution in [3.05, 3.63) is 71.8 Å². The Morgan fingerprint density at radius 2 is 1.38 bits per heavy atom. The summed E-state index contributed by atoms with van der Waals surface area (Å²) in [7, 11) is 6.23. The lowest BCUT2D eigenvalue weighted by molar-refractivity contribution is -0.151. The van der Waals surface area contributed by atoms with E-state index < -0.39 is 77.8 Å². The molecule has 0 aromatic heterocycles. The zero-order valence-corrected chi connectivity index (χ0v) is 42.0. The molecule has 2 aromatic rings. The number of ether oxygens (including phenoxy) is 4. The van der Waals surface area contributed by atoms with Crippen LogP contribution >= 0.6 is 0 Å². The van der Waals surface area contributed by atoms with Crippen LogP contribution in [0.1, 0.15) is 106 Å². The fraction of sp³-hybridized carbons (Fsp3) is 0.647. The van der Waals surface area contributed by atoms with E-state index in [4.69, 9.17) is 18.9 Å². The average Bonchev–Trinajstić information content (AvgIpc) is 3.76. The Morgan fingerprint density at radius 3 is 1.89 bits per heavy atom. The summed E-state index contributed by atoms with van der Waals surface area (Å²) in [6.07, 6.45) is 0.0332. The Kier molecular flexibility index (Phi) is 21.6. The molecule has 15 nitrogen and oxygen atoms in total. The van der Waals surface area contributed by atoms with Gasteiger partial charge >= 0.3 is 12.1 Å². The molecule has 0 bridgehead atoms. The quantitative estimate of drug-likeness (QED) is 0.119. The van der Waals surface area contributed by atoms with Gasteiger partial charge in [-0.25, -0.2) is 9.59 Å². The van der Waals surface area contributed by atoms with Gasteiger partial charge in [0.25, 0.3) is 0 Å². The van der Waals surface area contributed by atoms with E-state index in [0.717, 1.165) is 11.1 Å². The maximum absolute atomic E-state index is 14.5. The van der Waals surface area contributed by atoms with Crippen LogP contribution in [0, 0.1) is 23.7 Å². The second kappa shape index (κ2) is 25.8. The fourth-order valence-corrected chi connectivity index (χ4v) is 8.83. The van der Waals surface area contributed by atoms with Gasteiger partial charge in [0.15, 0.2) is 0 Å².